The molecule has 0 atom stereocenters. The van der Waals surface area contributed by atoms with E-state index in [1.165, 1.54) is 12.1 Å². The lowest BCUT2D eigenvalue weighted by Gasteiger charge is -2.21. The van der Waals surface area contributed by atoms with Crippen LogP contribution in [0.5, 0.6) is 0 Å². The zero-order chi connectivity index (χ0) is 15.4. The summed E-state index contributed by atoms with van der Waals surface area (Å²) in [5.41, 5.74) is 1.71. The van der Waals surface area contributed by atoms with Crippen LogP contribution >= 0.6 is 11.6 Å². The van der Waals surface area contributed by atoms with Crippen LogP contribution in [0.25, 0.3) is 0 Å². The second kappa shape index (κ2) is 6.37. The Morgan fingerprint density at radius 2 is 2.00 bits per heavy atom. The van der Waals surface area contributed by atoms with Gasteiger partial charge in [-0.1, -0.05) is 29.8 Å². The quantitative estimate of drug-likeness (QED) is 0.480. The van der Waals surface area contributed by atoms with Crippen molar-refractivity contribution in [3.05, 3.63) is 68.7 Å². The molecular weight excluding hydrogens is 292 g/mol. The van der Waals surface area contributed by atoms with Crippen molar-refractivity contribution in [2.24, 2.45) is 0 Å². The molecule has 0 aromatic heterocycles. The fourth-order valence-electron chi connectivity index (χ4n) is 2.06. The Morgan fingerprint density at radius 3 is 2.62 bits per heavy atom. The van der Waals surface area contributed by atoms with Crippen molar-refractivity contribution in [2.45, 2.75) is 6.54 Å². The van der Waals surface area contributed by atoms with E-state index in [9.17, 15) is 14.9 Å². The number of halogens is 1. The standard InChI is InChI=1S/C15H13ClN2O3/c1-17(9-11-4-2-3-5-14(11)16)15-7-6-13(18(20)21)8-12(15)10-19/h2-8,10H,9H2,1H3. The largest absolute Gasteiger partial charge is 0.370 e. The maximum atomic E-state index is 11.2. The maximum Gasteiger partial charge on any atom is 0.270 e. The maximum absolute atomic E-state index is 11.2. The molecule has 21 heavy (non-hydrogen) atoms. The molecule has 6 heteroatoms. The number of carbonyl (C=O) groups is 1. The smallest absolute Gasteiger partial charge is 0.270 e. The molecule has 5 nitrogen and oxygen atoms in total. The Hall–Kier alpha value is -2.40. The average Bonchev–Trinajstić information content (AvgIpc) is 2.48. The lowest BCUT2D eigenvalue weighted by atomic mass is 10.1. The van der Waals surface area contributed by atoms with Crippen molar-refractivity contribution >= 4 is 29.3 Å². The lowest BCUT2D eigenvalue weighted by molar-refractivity contribution is -0.384. The SMILES string of the molecule is CN(Cc1ccccc1Cl)c1ccc([N+](=O)[O-])cc1C=O. The van der Waals surface area contributed by atoms with E-state index < -0.39 is 4.92 Å². The van der Waals surface area contributed by atoms with Crippen molar-refractivity contribution in [3.8, 4) is 0 Å². The van der Waals surface area contributed by atoms with Crippen LogP contribution in [-0.4, -0.2) is 18.3 Å². The number of nitro groups is 1. The summed E-state index contributed by atoms with van der Waals surface area (Å²) >= 11 is 6.11. The van der Waals surface area contributed by atoms with Crippen LogP contribution in [0.3, 0.4) is 0 Å². The molecule has 0 unspecified atom stereocenters. The van der Waals surface area contributed by atoms with Gasteiger partial charge in [-0.2, -0.15) is 0 Å². The molecule has 0 heterocycles. The van der Waals surface area contributed by atoms with Crippen molar-refractivity contribution in [1.29, 1.82) is 0 Å². The third-order valence-corrected chi connectivity index (χ3v) is 3.49. The first-order chi connectivity index (χ1) is 10.0. The summed E-state index contributed by atoms with van der Waals surface area (Å²) in [7, 11) is 1.80. The summed E-state index contributed by atoms with van der Waals surface area (Å²) in [4.78, 5) is 23.2. The first kappa shape index (κ1) is 15.0. The molecule has 0 N–H and O–H groups in total. The number of rotatable bonds is 5. The molecule has 0 amide bonds. The van der Waals surface area contributed by atoms with Gasteiger partial charge >= 0.3 is 0 Å². The molecule has 0 radical (unpaired) electrons. The number of anilines is 1. The van der Waals surface area contributed by atoms with E-state index in [2.05, 4.69) is 0 Å². The molecule has 0 saturated carbocycles. The molecule has 0 fully saturated rings. The van der Waals surface area contributed by atoms with Crippen LogP contribution < -0.4 is 4.90 Å². The molecule has 0 spiro atoms. The predicted octanol–water partition coefficient (Wildman–Crippen LogP) is 3.70. The van der Waals surface area contributed by atoms with Gasteiger partial charge in [-0.05, 0) is 17.7 Å². The molecule has 2 aromatic rings. The lowest BCUT2D eigenvalue weighted by Crippen LogP contribution is -2.18. The number of non-ortho nitro benzene ring substituents is 1. The minimum Gasteiger partial charge on any atom is -0.370 e. The number of nitrogens with zero attached hydrogens (tertiary/aromatic N) is 2. The third kappa shape index (κ3) is 3.38. The first-order valence-corrected chi connectivity index (χ1v) is 6.59. The van der Waals surface area contributed by atoms with Crippen molar-refractivity contribution < 1.29 is 9.72 Å². The summed E-state index contributed by atoms with van der Waals surface area (Å²) in [5.74, 6) is 0. The molecule has 0 saturated heterocycles. The zero-order valence-electron chi connectivity index (χ0n) is 11.3. The van der Waals surface area contributed by atoms with Crippen LogP contribution in [0.1, 0.15) is 15.9 Å². The van der Waals surface area contributed by atoms with Gasteiger partial charge in [0, 0.05) is 42.0 Å². The van der Waals surface area contributed by atoms with Crippen LogP contribution in [-0.2, 0) is 6.54 Å². The van der Waals surface area contributed by atoms with Gasteiger partial charge in [0.25, 0.3) is 5.69 Å². The highest BCUT2D eigenvalue weighted by Gasteiger charge is 2.14. The van der Waals surface area contributed by atoms with E-state index in [4.69, 9.17) is 11.6 Å². The second-order valence-corrected chi connectivity index (χ2v) is 4.97. The van der Waals surface area contributed by atoms with Crippen molar-refractivity contribution in [2.75, 3.05) is 11.9 Å². The van der Waals surface area contributed by atoms with Gasteiger partial charge in [-0.15, -0.1) is 0 Å². The minimum absolute atomic E-state index is 0.105. The molecule has 0 aliphatic heterocycles. The first-order valence-electron chi connectivity index (χ1n) is 6.21. The number of aldehydes is 1. The van der Waals surface area contributed by atoms with Gasteiger partial charge in [-0.3, -0.25) is 14.9 Å². The zero-order valence-corrected chi connectivity index (χ0v) is 12.1. The fourth-order valence-corrected chi connectivity index (χ4v) is 2.26. The van der Waals surface area contributed by atoms with Crippen molar-refractivity contribution in [1.82, 2.24) is 0 Å². The average molecular weight is 305 g/mol. The van der Waals surface area contributed by atoms with Gasteiger partial charge in [-0.25, -0.2) is 0 Å². The van der Waals surface area contributed by atoms with Crippen LogP contribution in [0.2, 0.25) is 5.02 Å². The molecule has 108 valence electrons. The Morgan fingerprint density at radius 1 is 1.29 bits per heavy atom. The fraction of sp³-hybridized carbons (Fsp3) is 0.133. The monoisotopic (exact) mass is 304 g/mol. The summed E-state index contributed by atoms with van der Waals surface area (Å²) in [6.07, 6.45) is 0.617. The Labute approximate surface area is 126 Å². The Balaban J connectivity index is 2.31. The van der Waals surface area contributed by atoms with E-state index in [-0.39, 0.29) is 11.3 Å². The van der Waals surface area contributed by atoms with E-state index in [0.29, 0.717) is 23.5 Å². The molecule has 0 aliphatic carbocycles. The van der Waals surface area contributed by atoms with Crippen molar-refractivity contribution in [3.63, 3.8) is 0 Å². The van der Waals surface area contributed by atoms with E-state index in [1.54, 1.807) is 19.2 Å². The van der Waals surface area contributed by atoms with Gasteiger partial charge < -0.3 is 4.90 Å². The normalized spacial score (nSPS) is 10.2. The van der Waals surface area contributed by atoms with Crippen LogP contribution in [0, 0.1) is 10.1 Å². The Kier molecular flexibility index (Phi) is 4.55. The van der Waals surface area contributed by atoms with Gasteiger partial charge in [0.05, 0.1) is 4.92 Å². The number of hydrogen-bond donors (Lipinski definition) is 0. The molecule has 2 aromatic carbocycles. The molecular formula is C15H13ClN2O3. The van der Waals surface area contributed by atoms with Gasteiger partial charge in [0.2, 0.25) is 0 Å². The summed E-state index contributed by atoms with van der Waals surface area (Å²) in [6.45, 7) is 0.498. The van der Waals surface area contributed by atoms with Gasteiger partial charge in [0.1, 0.15) is 0 Å². The Bertz CT molecular complexity index is 688. The highest BCUT2D eigenvalue weighted by atomic mass is 35.5. The van der Waals surface area contributed by atoms with Gasteiger partial charge in [0.15, 0.2) is 6.29 Å². The second-order valence-electron chi connectivity index (χ2n) is 4.57. The number of carbonyl (C=O) groups excluding carboxylic acids is 1. The highest BCUT2D eigenvalue weighted by molar-refractivity contribution is 6.31. The number of hydrogen-bond acceptors (Lipinski definition) is 4. The third-order valence-electron chi connectivity index (χ3n) is 3.13. The number of nitro benzene ring substituents is 1. The molecule has 0 bridgehead atoms. The highest BCUT2D eigenvalue weighted by Crippen LogP contribution is 2.26. The topological polar surface area (TPSA) is 63.4 Å². The molecule has 0 aliphatic rings. The summed E-state index contributed by atoms with van der Waals surface area (Å²) < 4.78 is 0. The molecule has 2 rings (SSSR count). The number of benzene rings is 2. The van der Waals surface area contributed by atoms with Crippen LogP contribution in [0.15, 0.2) is 42.5 Å². The van der Waals surface area contributed by atoms with E-state index in [1.807, 2.05) is 23.1 Å². The summed E-state index contributed by atoms with van der Waals surface area (Å²) in [6, 6.07) is 11.6. The van der Waals surface area contributed by atoms with E-state index >= 15 is 0 Å². The minimum atomic E-state index is -0.523. The van der Waals surface area contributed by atoms with Crippen LogP contribution in [0.4, 0.5) is 11.4 Å². The summed E-state index contributed by atoms with van der Waals surface area (Å²) in [5, 5.41) is 11.4. The van der Waals surface area contributed by atoms with E-state index in [0.717, 1.165) is 5.56 Å². The predicted molar refractivity (Wildman–Crippen MR) is 82.0 cm³/mol.